The van der Waals surface area contributed by atoms with Crippen molar-refractivity contribution in [1.29, 1.82) is 0 Å². The summed E-state index contributed by atoms with van der Waals surface area (Å²) in [4.78, 5) is 13.3. The van der Waals surface area contributed by atoms with Crippen LogP contribution in [0.1, 0.15) is 24.0 Å². The zero-order valence-corrected chi connectivity index (χ0v) is 12.5. The van der Waals surface area contributed by atoms with Gasteiger partial charge in [0.1, 0.15) is 13.2 Å². The Hall–Kier alpha value is -1.77. The molecule has 0 heterocycles. The molecule has 0 atom stereocenters. The Labute approximate surface area is 134 Å². The highest BCUT2D eigenvalue weighted by atomic mass is 19.4. The standard InChI is InChI=1S/C15H15F6NO2/c16-14(17,18)9-24-8-13(23)22(12-5-6-12)7-10-1-3-11(4-2-10)15(19,20)21/h1-4,12H,5-9H2. The molecule has 0 aromatic heterocycles. The van der Waals surface area contributed by atoms with Crippen LogP contribution in [-0.2, 0) is 22.3 Å². The fourth-order valence-electron chi connectivity index (χ4n) is 2.14. The van der Waals surface area contributed by atoms with Crippen molar-refractivity contribution < 1.29 is 35.9 Å². The smallest absolute Gasteiger partial charge is 0.362 e. The minimum atomic E-state index is -4.52. The van der Waals surface area contributed by atoms with E-state index in [1.165, 1.54) is 17.0 Å². The zero-order valence-electron chi connectivity index (χ0n) is 12.5. The number of benzene rings is 1. The van der Waals surface area contributed by atoms with Crippen molar-refractivity contribution in [2.45, 2.75) is 37.8 Å². The number of ether oxygens (including phenoxy) is 1. The second-order valence-electron chi connectivity index (χ2n) is 5.56. The normalized spacial score (nSPS) is 15.4. The number of hydrogen-bond donors (Lipinski definition) is 0. The first-order valence-electron chi connectivity index (χ1n) is 7.16. The van der Waals surface area contributed by atoms with E-state index in [9.17, 15) is 31.1 Å². The molecule has 1 amide bonds. The van der Waals surface area contributed by atoms with Crippen molar-refractivity contribution in [2.24, 2.45) is 0 Å². The lowest BCUT2D eigenvalue weighted by atomic mass is 10.1. The predicted molar refractivity (Wildman–Crippen MR) is 71.9 cm³/mol. The van der Waals surface area contributed by atoms with Gasteiger partial charge in [-0.25, -0.2) is 0 Å². The van der Waals surface area contributed by atoms with Gasteiger partial charge >= 0.3 is 12.4 Å². The molecular weight excluding hydrogens is 340 g/mol. The molecule has 1 aromatic rings. The summed E-state index contributed by atoms with van der Waals surface area (Å²) >= 11 is 0. The Morgan fingerprint density at radius 3 is 2.12 bits per heavy atom. The molecule has 1 aliphatic rings. The molecule has 24 heavy (non-hydrogen) atoms. The molecule has 0 N–H and O–H groups in total. The van der Waals surface area contributed by atoms with E-state index in [-0.39, 0.29) is 12.6 Å². The molecule has 0 aliphatic heterocycles. The van der Waals surface area contributed by atoms with Crippen LogP contribution in [0.3, 0.4) is 0 Å². The first kappa shape index (κ1) is 18.6. The van der Waals surface area contributed by atoms with Gasteiger partial charge in [-0.15, -0.1) is 0 Å². The fraction of sp³-hybridized carbons (Fsp3) is 0.533. The third kappa shape index (κ3) is 5.70. The lowest BCUT2D eigenvalue weighted by Gasteiger charge is -2.23. The second-order valence-corrected chi connectivity index (χ2v) is 5.56. The highest BCUT2D eigenvalue weighted by Gasteiger charge is 2.34. The van der Waals surface area contributed by atoms with E-state index in [1.807, 2.05) is 0 Å². The predicted octanol–water partition coefficient (Wildman–Crippen LogP) is 3.78. The summed E-state index contributed by atoms with van der Waals surface area (Å²) in [5, 5.41) is 0. The number of carbonyl (C=O) groups is 1. The van der Waals surface area contributed by atoms with Gasteiger partial charge in [0.2, 0.25) is 5.91 Å². The van der Waals surface area contributed by atoms with Gasteiger partial charge in [-0.05, 0) is 30.5 Å². The van der Waals surface area contributed by atoms with Gasteiger partial charge in [-0.3, -0.25) is 4.79 Å². The maximum atomic E-state index is 12.5. The highest BCUT2D eigenvalue weighted by molar-refractivity contribution is 5.78. The minimum absolute atomic E-state index is 0.0387. The number of hydrogen-bond acceptors (Lipinski definition) is 2. The van der Waals surface area contributed by atoms with Crippen LogP contribution in [0.2, 0.25) is 0 Å². The minimum Gasteiger partial charge on any atom is -0.362 e. The number of halogens is 6. The van der Waals surface area contributed by atoms with Crippen LogP contribution in [0.5, 0.6) is 0 Å². The van der Waals surface area contributed by atoms with E-state index in [1.54, 1.807) is 0 Å². The van der Waals surface area contributed by atoms with Crippen molar-refractivity contribution >= 4 is 5.91 Å². The van der Waals surface area contributed by atoms with Crippen LogP contribution in [0.4, 0.5) is 26.3 Å². The molecule has 2 rings (SSSR count). The van der Waals surface area contributed by atoms with Crippen molar-refractivity contribution in [3.63, 3.8) is 0 Å². The third-order valence-electron chi connectivity index (χ3n) is 3.43. The molecule has 0 bridgehead atoms. The zero-order chi connectivity index (χ0) is 18.0. The van der Waals surface area contributed by atoms with Crippen LogP contribution < -0.4 is 0 Å². The van der Waals surface area contributed by atoms with Gasteiger partial charge in [0.05, 0.1) is 5.56 Å². The Balaban J connectivity index is 1.95. The van der Waals surface area contributed by atoms with Crippen LogP contribution >= 0.6 is 0 Å². The largest absolute Gasteiger partial charge is 0.416 e. The maximum Gasteiger partial charge on any atom is 0.416 e. The molecule has 3 nitrogen and oxygen atoms in total. The summed E-state index contributed by atoms with van der Waals surface area (Å²) in [6.45, 7) is -2.19. The van der Waals surface area contributed by atoms with E-state index in [0.717, 1.165) is 12.1 Å². The average Bonchev–Trinajstić information content (AvgIpc) is 3.27. The molecule has 0 radical (unpaired) electrons. The molecule has 1 fully saturated rings. The Kier molecular flexibility index (Phi) is 5.42. The molecule has 0 unspecified atom stereocenters. The lowest BCUT2D eigenvalue weighted by molar-refractivity contribution is -0.178. The van der Waals surface area contributed by atoms with Gasteiger partial charge in [0.25, 0.3) is 0 Å². The summed E-state index contributed by atoms with van der Waals surface area (Å²) in [5.41, 5.74) is -0.330. The molecule has 0 spiro atoms. The van der Waals surface area contributed by atoms with Crippen molar-refractivity contribution in [3.8, 4) is 0 Å². The monoisotopic (exact) mass is 355 g/mol. The van der Waals surface area contributed by atoms with Crippen molar-refractivity contribution in [1.82, 2.24) is 4.90 Å². The first-order valence-corrected chi connectivity index (χ1v) is 7.16. The van der Waals surface area contributed by atoms with E-state index in [0.29, 0.717) is 18.4 Å². The van der Waals surface area contributed by atoms with Crippen LogP contribution in [0, 0.1) is 0 Å². The fourth-order valence-corrected chi connectivity index (χ4v) is 2.14. The van der Waals surface area contributed by atoms with Gasteiger partial charge in [-0.2, -0.15) is 26.3 Å². The number of rotatable bonds is 6. The number of alkyl halides is 6. The molecule has 0 saturated heterocycles. The maximum absolute atomic E-state index is 12.5. The lowest BCUT2D eigenvalue weighted by Crippen LogP contribution is -2.36. The van der Waals surface area contributed by atoms with E-state index in [2.05, 4.69) is 4.74 Å². The van der Waals surface area contributed by atoms with Gasteiger partial charge in [0.15, 0.2) is 0 Å². The Bertz CT molecular complexity index is 563. The van der Waals surface area contributed by atoms with Gasteiger partial charge in [0, 0.05) is 12.6 Å². The molecule has 134 valence electrons. The molecule has 9 heteroatoms. The summed E-state index contributed by atoms with van der Waals surface area (Å²) in [5.74, 6) is -0.610. The van der Waals surface area contributed by atoms with E-state index >= 15 is 0 Å². The third-order valence-corrected chi connectivity index (χ3v) is 3.43. The van der Waals surface area contributed by atoms with Crippen molar-refractivity contribution in [3.05, 3.63) is 35.4 Å². The summed E-state index contributed by atoms with van der Waals surface area (Å²) < 4.78 is 77.9. The molecule has 1 aromatic carbocycles. The topological polar surface area (TPSA) is 29.5 Å². The SMILES string of the molecule is O=C(COCC(F)(F)F)N(Cc1ccc(C(F)(F)F)cc1)C1CC1. The highest BCUT2D eigenvalue weighted by Crippen LogP contribution is 2.31. The van der Waals surface area contributed by atoms with Crippen LogP contribution in [0.25, 0.3) is 0 Å². The second kappa shape index (κ2) is 7.00. The van der Waals surface area contributed by atoms with Crippen LogP contribution in [-0.4, -0.2) is 36.2 Å². The van der Waals surface area contributed by atoms with Gasteiger partial charge < -0.3 is 9.64 Å². The first-order chi connectivity index (χ1) is 11.1. The summed E-state index contributed by atoms with van der Waals surface area (Å²) in [6.07, 6.45) is -7.54. The van der Waals surface area contributed by atoms with Gasteiger partial charge in [-0.1, -0.05) is 12.1 Å². The number of nitrogens with zero attached hydrogens (tertiary/aromatic N) is 1. The number of amides is 1. The van der Waals surface area contributed by atoms with E-state index < -0.39 is 37.0 Å². The molecule has 1 aliphatic carbocycles. The average molecular weight is 355 g/mol. The Morgan fingerprint density at radius 1 is 1.08 bits per heavy atom. The van der Waals surface area contributed by atoms with Crippen LogP contribution in [0.15, 0.2) is 24.3 Å². The Morgan fingerprint density at radius 2 is 1.67 bits per heavy atom. The quantitative estimate of drug-likeness (QED) is 0.727. The molecule has 1 saturated carbocycles. The van der Waals surface area contributed by atoms with Crippen molar-refractivity contribution in [2.75, 3.05) is 13.2 Å². The van der Waals surface area contributed by atoms with E-state index in [4.69, 9.17) is 0 Å². The number of carbonyl (C=O) groups excluding carboxylic acids is 1. The molecular formula is C15H15F6NO2. The summed E-state index contributed by atoms with van der Waals surface area (Å²) in [7, 11) is 0. The summed E-state index contributed by atoms with van der Waals surface area (Å²) in [6, 6.07) is 4.22.